The summed E-state index contributed by atoms with van der Waals surface area (Å²) in [5.41, 5.74) is 0.959. The zero-order valence-electron chi connectivity index (χ0n) is 14.0. The lowest BCUT2D eigenvalue weighted by Gasteiger charge is -2.25. The first-order valence-electron chi connectivity index (χ1n) is 7.98. The van der Waals surface area contributed by atoms with E-state index < -0.39 is 43.1 Å². The fourth-order valence-corrected chi connectivity index (χ4v) is 3.04. The summed E-state index contributed by atoms with van der Waals surface area (Å²) in [5, 5.41) is 19.2. The second-order valence-corrected chi connectivity index (χ2v) is 6.44. The van der Waals surface area contributed by atoms with Gasteiger partial charge in [-0.3, -0.25) is 0 Å². The maximum Gasteiger partial charge on any atom is 0.187 e. The highest BCUT2D eigenvalue weighted by molar-refractivity contribution is 5.26. The molecule has 0 saturated carbocycles. The summed E-state index contributed by atoms with van der Waals surface area (Å²) in [6.07, 6.45) is -3.36. The van der Waals surface area contributed by atoms with Gasteiger partial charge in [-0.15, -0.1) is 0 Å². The highest BCUT2D eigenvalue weighted by atomic mass is 16.8. The maximum atomic E-state index is 9.96. The molecule has 24 heavy (non-hydrogen) atoms. The van der Waals surface area contributed by atoms with Crippen molar-refractivity contribution in [3.05, 3.63) is 29.8 Å². The Labute approximate surface area is 141 Å². The lowest BCUT2D eigenvalue weighted by Crippen LogP contribution is -2.40. The van der Waals surface area contributed by atoms with Crippen LogP contribution in [-0.4, -0.2) is 60.4 Å². The van der Waals surface area contributed by atoms with Crippen molar-refractivity contribution in [1.82, 2.24) is 0 Å². The highest BCUT2D eigenvalue weighted by Gasteiger charge is 2.57. The van der Waals surface area contributed by atoms with Crippen LogP contribution in [0.4, 0.5) is 0 Å². The van der Waals surface area contributed by atoms with Crippen molar-refractivity contribution >= 4 is 0 Å². The molecule has 2 aliphatic rings. The number of aliphatic hydroxyl groups excluding tert-OH is 2. The number of fused-ring (bicyclic) bond motifs is 1. The number of rotatable bonds is 6. The lowest BCUT2D eigenvalue weighted by molar-refractivity contribution is -0.247. The van der Waals surface area contributed by atoms with Crippen molar-refractivity contribution in [3.63, 3.8) is 0 Å². The summed E-state index contributed by atoms with van der Waals surface area (Å²) in [6, 6.07) is 7.52. The summed E-state index contributed by atoms with van der Waals surface area (Å²) in [4.78, 5) is 0. The van der Waals surface area contributed by atoms with Crippen LogP contribution in [0.25, 0.3) is 0 Å². The number of ether oxygens (including phenoxy) is 5. The molecule has 1 aromatic carbocycles. The fraction of sp³-hybridized carbons (Fsp3) is 0.647. The molecule has 0 bridgehead atoms. The highest BCUT2D eigenvalue weighted by Crippen LogP contribution is 2.40. The van der Waals surface area contributed by atoms with Crippen molar-refractivity contribution < 1.29 is 33.9 Å². The Kier molecular flexibility index (Phi) is 5.10. The minimum absolute atomic E-state index is 0.323. The Hall–Kier alpha value is -1.22. The average Bonchev–Trinajstić information content (AvgIpc) is 3.06. The molecule has 7 nitrogen and oxygen atoms in total. The SMILES string of the molecule is COc1ccc(CO[C@H]2O[C@H]([C@H](O)CO)[C@@H]3OC(C)(C)O[C@H]23)cc1. The maximum absolute atomic E-state index is 9.96. The third kappa shape index (κ3) is 3.56. The third-order valence-electron chi connectivity index (χ3n) is 4.19. The summed E-state index contributed by atoms with van der Waals surface area (Å²) in [6.45, 7) is 3.51. The normalized spacial score (nSPS) is 32.5. The van der Waals surface area contributed by atoms with Crippen LogP contribution in [-0.2, 0) is 25.6 Å². The Morgan fingerprint density at radius 1 is 1.17 bits per heavy atom. The van der Waals surface area contributed by atoms with Gasteiger partial charge in [0.15, 0.2) is 12.1 Å². The van der Waals surface area contributed by atoms with Gasteiger partial charge in [-0.2, -0.15) is 0 Å². The van der Waals surface area contributed by atoms with Gasteiger partial charge in [0.25, 0.3) is 0 Å². The van der Waals surface area contributed by atoms with Crippen LogP contribution in [0.15, 0.2) is 24.3 Å². The molecule has 0 spiro atoms. The minimum atomic E-state index is -1.05. The van der Waals surface area contributed by atoms with Gasteiger partial charge in [0.05, 0.1) is 20.3 Å². The number of hydrogen-bond donors (Lipinski definition) is 2. The van der Waals surface area contributed by atoms with E-state index in [0.717, 1.165) is 11.3 Å². The average molecular weight is 340 g/mol. The van der Waals surface area contributed by atoms with E-state index in [2.05, 4.69) is 0 Å². The first-order chi connectivity index (χ1) is 11.4. The van der Waals surface area contributed by atoms with E-state index in [1.165, 1.54) is 0 Å². The summed E-state index contributed by atoms with van der Waals surface area (Å²) in [7, 11) is 1.61. The van der Waals surface area contributed by atoms with Crippen molar-refractivity contribution in [2.75, 3.05) is 13.7 Å². The second-order valence-electron chi connectivity index (χ2n) is 6.44. The van der Waals surface area contributed by atoms with Gasteiger partial charge < -0.3 is 33.9 Å². The number of hydrogen-bond acceptors (Lipinski definition) is 7. The molecule has 1 aromatic rings. The lowest BCUT2D eigenvalue weighted by atomic mass is 10.1. The first kappa shape index (κ1) is 17.6. The Morgan fingerprint density at radius 2 is 1.83 bits per heavy atom. The molecule has 2 aliphatic heterocycles. The van der Waals surface area contributed by atoms with E-state index >= 15 is 0 Å². The molecule has 0 unspecified atom stereocenters. The van der Waals surface area contributed by atoms with Crippen LogP contribution in [0.2, 0.25) is 0 Å². The molecule has 5 atom stereocenters. The topological polar surface area (TPSA) is 86.6 Å². The summed E-state index contributed by atoms with van der Waals surface area (Å²) < 4.78 is 28.4. The molecule has 134 valence electrons. The van der Waals surface area contributed by atoms with Gasteiger partial charge in [-0.25, -0.2) is 0 Å². The van der Waals surface area contributed by atoms with Crippen LogP contribution in [0.5, 0.6) is 5.75 Å². The smallest absolute Gasteiger partial charge is 0.187 e. The quantitative estimate of drug-likeness (QED) is 0.792. The van der Waals surface area contributed by atoms with Gasteiger partial charge in [0, 0.05) is 0 Å². The molecule has 0 amide bonds. The third-order valence-corrected chi connectivity index (χ3v) is 4.19. The van der Waals surface area contributed by atoms with Gasteiger partial charge in [-0.1, -0.05) is 12.1 Å². The molecule has 2 heterocycles. The van der Waals surface area contributed by atoms with E-state index in [4.69, 9.17) is 23.7 Å². The zero-order valence-corrected chi connectivity index (χ0v) is 14.0. The van der Waals surface area contributed by atoms with E-state index in [0.29, 0.717) is 6.61 Å². The van der Waals surface area contributed by atoms with Crippen molar-refractivity contribution in [3.8, 4) is 5.75 Å². The Bertz CT molecular complexity index is 544. The van der Waals surface area contributed by atoms with Crippen LogP contribution < -0.4 is 4.74 Å². The van der Waals surface area contributed by atoms with Crippen molar-refractivity contribution in [2.45, 2.75) is 56.9 Å². The van der Waals surface area contributed by atoms with Crippen LogP contribution >= 0.6 is 0 Å². The molecule has 0 aromatic heterocycles. The van der Waals surface area contributed by atoms with Gasteiger partial charge in [0.2, 0.25) is 0 Å². The standard InChI is InChI=1S/C17H24O7/c1-17(2)23-14-13(12(19)8-18)22-16(15(14)24-17)21-9-10-4-6-11(20-3)7-5-10/h4-7,12-16,18-19H,8-9H2,1-3H3/t12-,13-,14+,15+,16+/m1/s1. The number of methoxy groups -OCH3 is 1. The molecule has 2 fully saturated rings. The molecule has 2 N–H and O–H groups in total. The zero-order chi connectivity index (χ0) is 17.3. The van der Waals surface area contributed by atoms with E-state index in [1.54, 1.807) is 21.0 Å². The van der Waals surface area contributed by atoms with E-state index in [1.807, 2.05) is 24.3 Å². The molecular formula is C17H24O7. The van der Waals surface area contributed by atoms with Crippen molar-refractivity contribution in [1.29, 1.82) is 0 Å². The molecule has 0 radical (unpaired) electrons. The molecule has 7 heteroatoms. The fourth-order valence-electron chi connectivity index (χ4n) is 3.04. The molecular weight excluding hydrogens is 316 g/mol. The molecule has 2 saturated heterocycles. The van der Waals surface area contributed by atoms with Crippen LogP contribution in [0.3, 0.4) is 0 Å². The Balaban J connectivity index is 1.66. The van der Waals surface area contributed by atoms with Gasteiger partial charge in [0.1, 0.15) is 30.2 Å². The molecule has 0 aliphatic carbocycles. The number of aliphatic hydroxyl groups is 2. The number of benzene rings is 1. The van der Waals surface area contributed by atoms with Crippen LogP contribution in [0.1, 0.15) is 19.4 Å². The molecule has 3 rings (SSSR count). The van der Waals surface area contributed by atoms with E-state index in [9.17, 15) is 10.2 Å². The van der Waals surface area contributed by atoms with Crippen LogP contribution in [0, 0.1) is 0 Å². The summed E-state index contributed by atoms with van der Waals surface area (Å²) >= 11 is 0. The van der Waals surface area contributed by atoms with Gasteiger partial charge in [-0.05, 0) is 31.5 Å². The van der Waals surface area contributed by atoms with E-state index in [-0.39, 0.29) is 0 Å². The predicted octanol–water partition coefficient (Wildman–Crippen LogP) is 0.810. The largest absolute Gasteiger partial charge is 0.497 e. The predicted molar refractivity (Wildman–Crippen MR) is 83.4 cm³/mol. The first-order valence-corrected chi connectivity index (χ1v) is 7.98. The Morgan fingerprint density at radius 3 is 2.46 bits per heavy atom. The summed E-state index contributed by atoms with van der Waals surface area (Å²) in [5.74, 6) is -0.00908. The second kappa shape index (κ2) is 6.95. The monoisotopic (exact) mass is 340 g/mol. The van der Waals surface area contributed by atoms with Crippen molar-refractivity contribution in [2.24, 2.45) is 0 Å². The van der Waals surface area contributed by atoms with Gasteiger partial charge >= 0.3 is 0 Å². The minimum Gasteiger partial charge on any atom is -0.497 e.